The maximum atomic E-state index is 11.7. The number of carbonyl (C=O) groups is 2. The fraction of sp³-hybridized carbons (Fsp3) is 0.429. The molecule has 4 nitrogen and oxygen atoms in total. The Balaban J connectivity index is 2.01. The van der Waals surface area contributed by atoms with E-state index in [9.17, 15) is 9.59 Å². The van der Waals surface area contributed by atoms with Crippen molar-refractivity contribution < 1.29 is 19.1 Å². The second-order valence-corrected chi connectivity index (χ2v) is 3.75. The van der Waals surface area contributed by atoms with E-state index in [1.165, 1.54) is 0 Å². The second-order valence-electron chi connectivity index (χ2n) is 3.75. The third kappa shape index (κ3) is 6.27. The van der Waals surface area contributed by atoms with E-state index in [-0.39, 0.29) is 12.4 Å². The third-order valence-corrected chi connectivity index (χ3v) is 2.35. The molecule has 0 bridgehead atoms. The quantitative estimate of drug-likeness (QED) is 0.361. The highest BCUT2D eigenvalue weighted by molar-refractivity contribution is 5.95. The van der Waals surface area contributed by atoms with Crippen molar-refractivity contribution in [3.8, 4) is 0 Å². The van der Waals surface area contributed by atoms with Crippen LogP contribution in [0, 0.1) is 0 Å². The van der Waals surface area contributed by atoms with Gasteiger partial charge in [-0.3, -0.25) is 4.79 Å². The number of benzene rings is 1. The van der Waals surface area contributed by atoms with Crippen LogP contribution in [0.3, 0.4) is 0 Å². The van der Waals surface area contributed by atoms with Crippen LogP contribution in [0.1, 0.15) is 23.2 Å². The van der Waals surface area contributed by atoms with Crippen LogP contribution in [0.5, 0.6) is 0 Å². The van der Waals surface area contributed by atoms with E-state index in [1.54, 1.807) is 0 Å². The molecule has 0 fully saturated rings. The van der Waals surface area contributed by atoms with E-state index in [2.05, 4.69) is 0 Å². The van der Waals surface area contributed by atoms with Gasteiger partial charge in [-0.15, -0.1) is 0 Å². The van der Waals surface area contributed by atoms with Gasteiger partial charge in [0.05, 0.1) is 13.2 Å². The first-order valence-corrected chi connectivity index (χ1v) is 6.02. The van der Waals surface area contributed by atoms with Crippen molar-refractivity contribution in [3.05, 3.63) is 35.9 Å². The monoisotopic (exact) mass is 250 g/mol. The molecule has 1 aromatic rings. The average molecular weight is 250 g/mol. The number of Topliss-reactive ketones (excluding diaryl/α,β-unsaturated/α-hetero) is 1. The van der Waals surface area contributed by atoms with Crippen molar-refractivity contribution in [1.82, 2.24) is 0 Å². The second kappa shape index (κ2) is 9.50. The number of ether oxygens (including phenoxy) is 2. The third-order valence-electron chi connectivity index (χ3n) is 2.35. The summed E-state index contributed by atoms with van der Waals surface area (Å²) < 4.78 is 10.2. The normalized spacial score (nSPS) is 10.2. The molecular weight excluding hydrogens is 232 g/mol. The highest BCUT2D eigenvalue weighted by Crippen LogP contribution is 2.04. The lowest BCUT2D eigenvalue weighted by molar-refractivity contribution is -0.112. The fourth-order valence-corrected chi connectivity index (χ4v) is 1.45. The van der Waals surface area contributed by atoms with Gasteiger partial charge in [0.1, 0.15) is 12.9 Å². The van der Waals surface area contributed by atoms with E-state index >= 15 is 0 Å². The molecule has 0 saturated heterocycles. The molecule has 0 radical (unpaired) electrons. The minimum atomic E-state index is 0.107. The SMILES string of the molecule is O=CCOCCOCCCC(=O)c1ccccc1. The average Bonchev–Trinajstić information content (AvgIpc) is 2.42. The van der Waals surface area contributed by atoms with E-state index in [0.717, 1.165) is 5.56 Å². The first-order valence-electron chi connectivity index (χ1n) is 6.02. The Hall–Kier alpha value is -1.52. The van der Waals surface area contributed by atoms with Crippen LogP contribution in [0.15, 0.2) is 30.3 Å². The smallest absolute Gasteiger partial charge is 0.162 e. The summed E-state index contributed by atoms with van der Waals surface area (Å²) in [5.41, 5.74) is 0.742. The molecule has 4 heteroatoms. The van der Waals surface area contributed by atoms with Crippen molar-refractivity contribution in [2.24, 2.45) is 0 Å². The van der Waals surface area contributed by atoms with Crippen molar-refractivity contribution in [1.29, 1.82) is 0 Å². The van der Waals surface area contributed by atoms with Crippen molar-refractivity contribution in [2.75, 3.05) is 26.4 Å². The van der Waals surface area contributed by atoms with Gasteiger partial charge in [0.15, 0.2) is 5.78 Å². The lowest BCUT2D eigenvalue weighted by atomic mass is 10.1. The number of rotatable bonds is 10. The summed E-state index contributed by atoms with van der Waals surface area (Å²) in [5.74, 6) is 0.136. The van der Waals surface area contributed by atoms with Crippen molar-refractivity contribution in [2.45, 2.75) is 12.8 Å². The Bertz CT molecular complexity index is 348. The molecule has 0 aliphatic rings. The highest BCUT2D eigenvalue weighted by Gasteiger charge is 2.03. The standard InChI is InChI=1S/C14H18O4/c15-8-10-18-12-11-17-9-4-7-14(16)13-5-2-1-3-6-13/h1-3,5-6,8H,4,7,9-12H2. The van der Waals surface area contributed by atoms with Gasteiger partial charge in [-0.05, 0) is 6.42 Å². The molecule has 0 aliphatic carbocycles. The Morgan fingerprint density at radius 3 is 2.50 bits per heavy atom. The summed E-state index contributed by atoms with van der Waals surface area (Å²) in [6.07, 6.45) is 1.89. The molecule has 0 amide bonds. The molecule has 0 saturated carbocycles. The van der Waals surface area contributed by atoms with E-state index in [0.29, 0.717) is 38.9 Å². The van der Waals surface area contributed by atoms with E-state index in [1.807, 2.05) is 30.3 Å². The number of carbonyl (C=O) groups excluding carboxylic acids is 2. The summed E-state index contributed by atoms with van der Waals surface area (Å²) in [6, 6.07) is 9.23. The summed E-state index contributed by atoms with van der Waals surface area (Å²) in [4.78, 5) is 21.6. The maximum Gasteiger partial charge on any atom is 0.162 e. The highest BCUT2D eigenvalue weighted by atomic mass is 16.5. The van der Waals surface area contributed by atoms with Crippen molar-refractivity contribution in [3.63, 3.8) is 0 Å². The van der Waals surface area contributed by atoms with Gasteiger partial charge in [-0.2, -0.15) is 0 Å². The maximum absolute atomic E-state index is 11.7. The zero-order valence-electron chi connectivity index (χ0n) is 10.3. The molecule has 0 atom stereocenters. The molecular formula is C14H18O4. The lowest BCUT2D eigenvalue weighted by Gasteiger charge is -2.04. The van der Waals surface area contributed by atoms with Gasteiger partial charge in [-0.25, -0.2) is 0 Å². The molecule has 1 aromatic carbocycles. The molecule has 0 heterocycles. The predicted octanol–water partition coefficient (Wildman–Crippen LogP) is 1.88. The van der Waals surface area contributed by atoms with Gasteiger partial charge < -0.3 is 14.3 Å². The Morgan fingerprint density at radius 2 is 1.78 bits per heavy atom. The zero-order chi connectivity index (χ0) is 13.1. The number of hydrogen-bond acceptors (Lipinski definition) is 4. The molecule has 1 rings (SSSR count). The van der Waals surface area contributed by atoms with Crippen LogP contribution in [-0.2, 0) is 14.3 Å². The zero-order valence-corrected chi connectivity index (χ0v) is 10.3. The van der Waals surface area contributed by atoms with Crippen LogP contribution in [0.4, 0.5) is 0 Å². The predicted molar refractivity (Wildman–Crippen MR) is 67.7 cm³/mol. The molecule has 0 aliphatic heterocycles. The fourth-order valence-electron chi connectivity index (χ4n) is 1.45. The van der Waals surface area contributed by atoms with E-state index in [4.69, 9.17) is 9.47 Å². The molecule has 0 unspecified atom stereocenters. The topological polar surface area (TPSA) is 52.6 Å². The lowest BCUT2D eigenvalue weighted by Crippen LogP contribution is -2.07. The summed E-state index contributed by atoms with van der Waals surface area (Å²) in [5, 5.41) is 0. The number of aldehydes is 1. The van der Waals surface area contributed by atoms with Crippen LogP contribution in [-0.4, -0.2) is 38.5 Å². The molecule has 0 spiro atoms. The summed E-state index contributed by atoms with van der Waals surface area (Å²) in [6.45, 7) is 1.50. The summed E-state index contributed by atoms with van der Waals surface area (Å²) >= 11 is 0. The van der Waals surface area contributed by atoms with E-state index < -0.39 is 0 Å². The van der Waals surface area contributed by atoms with Gasteiger partial charge >= 0.3 is 0 Å². The Labute approximate surface area is 107 Å². The molecule has 98 valence electrons. The minimum absolute atomic E-state index is 0.107. The van der Waals surface area contributed by atoms with Gasteiger partial charge in [0, 0.05) is 18.6 Å². The molecule has 0 aromatic heterocycles. The summed E-state index contributed by atoms with van der Waals surface area (Å²) in [7, 11) is 0. The first kappa shape index (κ1) is 14.5. The largest absolute Gasteiger partial charge is 0.379 e. The van der Waals surface area contributed by atoms with Crippen LogP contribution in [0.2, 0.25) is 0 Å². The Morgan fingerprint density at radius 1 is 1.06 bits per heavy atom. The van der Waals surface area contributed by atoms with Crippen molar-refractivity contribution >= 4 is 12.1 Å². The van der Waals surface area contributed by atoms with Gasteiger partial charge in [-0.1, -0.05) is 30.3 Å². The number of ketones is 1. The van der Waals surface area contributed by atoms with Crippen LogP contribution < -0.4 is 0 Å². The molecule has 0 N–H and O–H groups in total. The number of hydrogen-bond donors (Lipinski definition) is 0. The van der Waals surface area contributed by atoms with Gasteiger partial charge in [0.2, 0.25) is 0 Å². The van der Waals surface area contributed by atoms with Crippen LogP contribution in [0.25, 0.3) is 0 Å². The Kier molecular flexibility index (Phi) is 7.68. The van der Waals surface area contributed by atoms with Gasteiger partial charge in [0.25, 0.3) is 0 Å². The first-order chi connectivity index (χ1) is 8.84. The molecule has 18 heavy (non-hydrogen) atoms. The van der Waals surface area contributed by atoms with Crippen LogP contribution >= 0.6 is 0 Å². The minimum Gasteiger partial charge on any atom is -0.379 e.